The average Bonchev–Trinajstić information content (AvgIpc) is 3.16. The van der Waals surface area contributed by atoms with E-state index in [1.54, 1.807) is 24.2 Å². The Bertz CT molecular complexity index is 596. The molecule has 2 saturated heterocycles. The van der Waals surface area contributed by atoms with Crippen molar-refractivity contribution >= 4 is 29.4 Å². The molecule has 2 aliphatic heterocycles. The first-order chi connectivity index (χ1) is 11.7. The van der Waals surface area contributed by atoms with E-state index >= 15 is 0 Å². The molecule has 130 valence electrons. The zero-order chi connectivity index (χ0) is 16.9. The van der Waals surface area contributed by atoms with Gasteiger partial charge in [0, 0.05) is 43.2 Å². The second kappa shape index (κ2) is 7.88. The fourth-order valence-electron chi connectivity index (χ4n) is 3.28. The number of urea groups is 1. The minimum atomic E-state index is -0.0365. The molecule has 3 heterocycles. The highest BCUT2D eigenvalue weighted by Gasteiger charge is 2.30. The number of hydrogen-bond acceptors (Lipinski definition) is 4. The van der Waals surface area contributed by atoms with Crippen molar-refractivity contribution < 1.29 is 9.59 Å². The molecule has 2 fully saturated rings. The molecule has 0 spiro atoms. The van der Waals surface area contributed by atoms with Gasteiger partial charge in [-0.15, -0.1) is 11.8 Å². The van der Waals surface area contributed by atoms with E-state index < -0.39 is 0 Å². The number of aromatic nitrogens is 1. The van der Waals surface area contributed by atoms with Crippen molar-refractivity contribution in [3.63, 3.8) is 0 Å². The van der Waals surface area contributed by atoms with Crippen LogP contribution in [0.3, 0.4) is 0 Å². The summed E-state index contributed by atoms with van der Waals surface area (Å²) in [7, 11) is 0. The van der Waals surface area contributed by atoms with Crippen LogP contribution in [0.4, 0.5) is 10.5 Å². The Morgan fingerprint density at radius 3 is 2.46 bits per heavy atom. The summed E-state index contributed by atoms with van der Waals surface area (Å²) in [5.74, 6) is -0.00566. The van der Waals surface area contributed by atoms with Crippen molar-refractivity contribution in [2.24, 2.45) is 5.92 Å². The third-order valence-electron chi connectivity index (χ3n) is 4.73. The number of piperidine rings is 1. The quantitative estimate of drug-likeness (QED) is 0.853. The van der Waals surface area contributed by atoms with Gasteiger partial charge in [-0.1, -0.05) is 0 Å². The van der Waals surface area contributed by atoms with E-state index in [-0.39, 0.29) is 17.9 Å². The molecule has 0 saturated carbocycles. The highest BCUT2D eigenvalue weighted by Crippen LogP contribution is 2.23. The van der Waals surface area contributed by atoms with E-state index in [2.05, 4.69) is 10.3 Å². The molecule has 1 aromatic rings. The van der Waals surface area contributed by atoms with Crippen molar-refractivity contribution in [1.29, 1.82) is 0 Å². The predicted molar refractivity (Wildman–Crippen MR) is 95.1 cm³/mol. The number of carbonyl (C=O) groups is 2. The Morgan fingerprint density at radius 1 is 1.12 bits per heavy atom. The van der Waals surface area contributed by atoms with E-state index in [4.69, 9.17) is 0 Å². The topological polar surface area (TPSA) is 65.5 Å². The predicted octanol–water partition coefficient (Wildman–Crippen LogP) is 2.67. The summed E-state index contributed by atoms with van der Waals surface area (Å²) in [5.41, 5.74) is 0.738. The fourth-order valence-corrected chi connectivity index (χ4v) is 3.70. The molecule has 7 heteroatoms. The van der Waals surface area contributed by atoms with Crippen LogP contribution in [-0.2, 0) is 4.79 Å². The van der Waals surface area contributed by atoms with Crippen LogP contribution in [0.1, 0.15) is 25.7 Å². The summed E-state index contributed by atoms with van der Waals surface area (Å²) in [4.78, 5) is 33.8. The van der Waals surface area contributed by atoms with Crippen LogP contribution < -0.4 is 5.32 Å². The third kappa shape index (κ3) is 4.01. The first kappa shape index (κ1) is 17.1. The van der Waals surface area contributed by atoms with Crippen molar-refractivity contribution in [3.8, 4) is 0 Å². The van der Waals surface area contributed by atoms with Crippen molar-refractivity contribution in [3.05, 3.63) is 18.5 Å². The first-order valence-corrected chi connectivity index (χ1v) is 9.73. The molecular formula is C17H24N4O2S. The maximum Gasteiger partial charge on any atom is 0.319 e. The Hall–Kier alpha value is -1.76. The van der Waals surface area contributed by atoms with Gasteiger partial charge in [-0.25, -0.2) is 4.79 Å². The summed E-state index contributed by atoms with van der Waals surface area (Å²) < 4.78 is 0. The minimum Gasteiger partial charge on any atom is -0.325 e. The normalized spacial score (nSPS) is 18.7. The Morgan fingerprint density at radius 2 is 1.79 bits per heavy atom. The van der Waals surface area contributed by atoms with E-state index in [1.165, 1.54) is 0 Å². The van der Waals surface area contributed by atoms with Crippen LogP contribution in [-0.4, -0.2) is 59.2 Å². The van der Waals surface area contributed by atoms with Gasteiger partial charge in [0.05, 0.1) is 11.9 Å². The maximum absolute atomic E-state index is 12.4. The van der Waals surface area contributed by atoms with Gasteiger partial charge in [0.2, 0.25) is 5.91 Å². The van der Waals surface area contributed by atoms with Gasteiger partial charge >= 0.3 is 6.03 Å². The zero-order valence-corrected chi connectivity index (χ0v) is 14.8. The highest BCUT2D eigenvalue weighted by atomic mass is 32.2. The number of amides is 3. The second-order valence-electron chi connectivity index (χ2n) is 6.34. The van der Waals surface area contributed by atoms with E-state index in [0.29, 0.717) is 13.1 Å². The Kier molecular flexibility index (Phi) is 5.60. The number of likely N-dealkylation sites (tertiary alicyclic amines) is 2. The number of nitrogens with zero attached hydrogens (tertiary/aromatic N) is 3. The fraction of sp³-hybridized carbons (Fsp3) is 0.588. The zero-order valence-electron chi connectivity index (χ0n) is 14.0. The van der Waals surface area contributed by atoms with Crippen LogP contribution in [0.15, 0.2) is 23.4 Å². The van der Waals surface area contributed by atoms with Gasteiger partial charge in [0.25, 0.3) is 0 Å². The monoisotopic (exact) mass is 348 g/mol. The van der Waals surface area contributed by atoms with Crippen LogP contribution in [0.5, 0.6) is 0 Å². The summed E-state index contributed by atoms with van der Waals surface area (Å²) in [6.07, 6.45) is 9.09. The number of anilines is 1. The number of carbonyl (C=O) groups excluding carboxylic acids is 2. The second-order valence-corrected chi connectivity index (χ2v) is 7.22. The molecule has 2 aliphatic rings. The van der Waals surface area contributed by atoms with Crippen LogP contribution in [0, 0.1) is 5.92 Å². The molecule has 24 heavy (non-hydrogen) atoms. The van der Waals surface area contributed by atoms with E-state index in [1.807, 2.05) is 22.1 Å². The molecule has 3 amide bonds. The highest BCUT2D eigenvalue weighted by molar-refractivity contribution is 7.98. The molecule has 0 aliphatic carbocycles. The third-order valence-corrected chi connectivity index (χ3v) is 5.42. The molecule has 3 rings (SSSR count). The molecular weight excluding hydrogens is 324 g/mol. The van der Waals surface area contributed by atoms with E-state index in [0.717, 1.165) is 49.4 Å². The average molecular weight is 348 g/mol. The maximum atomic E-state index is 12.4. The van der Waals surface area contributed by atoms with Gasteiger partial charge < -0.3 is 15.1 Å². The number of thioether (sulfide) groups is 1. The standard InChI is InChI=1S/C17H24N4O2S/c1-24-15-10-14(11-18-12-15)19-16(22)13-4-8-21(9-5-13)17(23)20-6-2-3-7-20/h10-13H,2-9H2,1H3,(H,19,22). The molecule has 0 bridgehead atoms. The number of hydrogen-bond donors (Lipinski definition) is 1. The lowest BCUT2D eigenvalue weighted by atomic mass is 9.96. The van der Waals surface area contributed by atoms with Gasteiger partial charge in [-0.2, -0.15) is 0 Å². The van der Waals surface area contributed by atoms with Gasteiger partial charge in [0.1, 0.15) is 0 Å². The van der Waals surface area contributed by atoms with Gasteiger partial charge in [0.15, 0.2) is 0 Å². The van der Waals surface area contributed by atoms with Gasteiger partial charge in [-0.05, 0) is 38.0 Å². The minimum absolute atomic E-state index is 0.0309. The molecule has 0 radical (unpaired) electrons. The summed E-state index contributed by atoms with van der Waals surface area (Å²) in [6, 6.07) is 2.07. The first-order valence-electron chi connectivity index (χ1n) is 8.51. The molecule has 0 aromatic carbocycles. The summed E-state index contributed by atoms with van der Waals surface area (Å²) in [6.45, 7) is 3.07. The molecule has 0 atom stereocenters. The molecule has 1 aromatic heterocycles. The van der Waals surface area contributed by atoms with Crippen molar-refractivity contribution in [1.82, 2.24) is 14.8 Å². The Balaban J connectivity index is 1.50. The van der Waals surface area contributed by atoms with E-state index in [9.17, 15) is 9.59 Å². The van der Waals surface area contributed by atoms with Crippen molar-refractivity contribution in [2.75, 3.05) is 37.8 Å². The summed E-state index contributed by atoms with van der Waals surface area (Å²) >= 11 is 1.60. The van der Waals surface area contributed by atoms with Crippen LogP contribution >= 0.6 is 11.8 Å². The molecule has 6 nitrogen and oxygen atoms in total. The Labute approximate surface area is 147 Å². The largest absolute Gasteiger partial charge is 0.325 e. The smallest absolute Gasteiger partial charge is 0.319 e. The number of pyridine rings is 1. The number of rotatable bonds is 3. The lowest BCUT2D eigenvalue weighted by Crippen LogP contribution is -2.47. The summed E-state index contributed by atoms with van der Waals surface area (Å²) in [5, 5.41) is 2.96. The van der Waals surface area contributed by atoms with Crippen molar-refractivity contribution in [2.45, 2.75) is 30.6 Å². The lowest BCUT2D eigenvalue weighted by molar-refractivity contribution is -0.121. The SMILES string of the molecule is CSc1cncc(NC(=O)C2CCN(C(=O)N3CCCC3)CC2)c1. The van der Waals surface area contributed by atoms with Crippen LogP contribution in [0.2, 0.25) is 0 Å². The number of nitrogens with one attached hydrogen (secondary N) is 1. The lowest BCUT2D eigenvalue weighted by Gasteiger charge is -2.34. The molecule has 1 N–H and O–H groups in total. The van der Waals surface area contributed by atoms with Crippen LogP contribution in [0.25, 0.3) is 0 Å². The van der Waals surface area contributed by atoms with Gasteiger partial charge in [-0.3, -0.25) is 9.78 Å². The molecule has 0 unspecified atom stereocenters.